The lowest BCUT2D eigenvalue weighted by Crippen LogP contribution is -2.55. The first-order valence-electron chi connectivity index (χ1n) is 9.23. The number of nitrogens with zero attached hydrogens (tertiary/aromatic N) is 2. The molecule has 7 nitrogen and oxygen atoms in total. The van der Waals surface area contributed by atoms with Gasteiger partial charge in [-0.1, -0.05) is 30.3 Å². The summed E-state index contributed by atoms with van der Waals surface area (Å²) in [5.41, 5.74) is 1.47. The number of nitrogens with one attached hydrogen (secondary N) is 1. The largest absolute Gasteiger partial charge is 0.479 e. The van der Waals surface area contributed by atoms with E-state index in [1.54, 1.807) is 0 Å². The number of aromatic nitrogens is 2. The number of hydrogen-bond donors (Lipinski definition) is 2. The van der Waals surface area contributed by atoms with E-state index < -0.39 is 11.5 Å². The molecule has 0 radical (unpaired) electrons. The minimum Gasteiger partial charge on any atom is -0.479 e. The van der Waals surface area contributed by atoms with Crippen LogP contribution in [0.1, 0.15) is 18.7 Å². The number of rotatable bonds is 6. The Balaban J connectivity index is 1.57. The summed E-state index contributed by atoms with van der Waals surface area (Å²) in [6, 6.07) is 17.7. The minimum absolute atomic E-state index is 0.00337. The van der Waals surface area contributed by atoms with E-state index in [-0.39, 0.29) is 25.4 Å². The topological polar surface area (TPSA) is 93.5 Å². The Hall–Kier alpha value is -3.19. The molecule has 144 valence electrons. The summed E-state index contributed by atoms with van der Waals surface area (Å²) >= 11 is 0. The number of aryl methyl sites for hydroxylation is 1. The Morgan fingerprint density at radius 3 is 2.61 bits per heavy atom. The number of ether oxygens (including phenoxy) is 1. The quantitative estimate of drug-likeness (QED) is 0.686. The number of carboxylic acid groups (broad SMARTS) is 1. The molecule has 0 spiro atoms. The number of amides is 1. The fourth-order valence-corrected chi connectivity index (χ4v) is 3.55. The van der Waals surface area contributed by atoms with Crippen LogP contribution in [0, 0.1) is 0 Å². The molecule has 1 aliphatic rings. The highest BCUT2D eigenvalue weighted by molar-refractivity contribution is 5.87. The van der Waals surface area contributed by atoms with E-state index in [1.165, 1.54) is 0 Å². The van der Waals surface area contributed by atoms with Crippen LogP contribution < -0.4 is 5.32 Å². The second-order valence-corrected chi connectivity index (χ2v) is 6.93. The van der Waals surface area contributed by atoms with E-state index in [1.807, 2.05) is 59.2 Å². The SMILES string of the molecule is O=C(CCc1nc2ccccc2n1-c1ccccc1)NC1(C(=O)O)CCOC1. The standard InChI is InChI=1S/C21H21N3O4/c25-19(23-21(20(26)27)12-13-28-14-21)11-10-18-22-16-8-4-5-9-17(16)24(18)15-6-2-1-3-7-15/h1-9H,10-14H2,(H,23,25)(H,26,27). The van der Waals surface area contributed by atoms with Crippen LogP contribution in [0.4, 0.5) is 0 Å². The molecule has 2 aromatic carbocycles. The Morgan fingerprint density at radius 2 is 1.89 bits per heavy atom. The number of carbonyl (C=O) groups excluding carboxylic acids is 1. The highest BCUT2D eigenvalue weighted by Crippen LogP contribution is 2.23. The van der Waals surface area contributed by atoms with Gasteiger partial charge >= 0.3 is 5.97 Å². The Kier molecular flexibility index (Phi) is 4.83. The van der Waals surface area contributed by atoms with Gasteiger partial charge < -0.3 is 15.2 Å². The van der Waals surface area contributed by atoms with Crippen LogP contribution >= 0.6 is 0 Å². The maximum Gasteiger partial charge on any atom is 0.331 e. The fraction of sp³-hybridized carbons (Fsp3) is 0.286. The summed E-state index contributed by atoms with van der Waals surface area (Å²) in [7, 11) is 0. The second-order valence-electron chi connectivity index (χ2n) is 6.93. The molecule has 1 unspecified atom stereocenters. The lowest BCUT2D eigenvalue weighted by atomic mass is 9.98. The Morgan fingerprint density at radius 1 is 1.14 bits per heavy atom. The molecule has 1 aromatic heterocycles. The number of imidazole rings is 1. The molecule has 2 heterocycles. The lowest BCUT2D eigenvalue weighted by molar-refractivity contribution is -0.147. The highest BCUT2D eigenvalue weighted by Gasteiger charge is 2.43. The van der Waals surface area contributed by atoms with Crippen LogP contribution in [0.2, 0.25) is 0 Å². The number of benzene rings is 2. The van der Waals surface area contributed by atoms with E-state index >= 15 is 0 Å². The monoisotopic (exact) mass is 379 g/mol. The fourth-order valence-electron chi connectivity index (χ4n) is 3.55. The van der Waals surface area contributed by atoms with Crippen molar-refractivity contribution in [2.45, 2.75) is 24.8 Å². The third kappa shape index (κ3) is 3.36. The molecule has 0 aliphatic carbocycles. The molecule has 28 heavy (non-hydrogen) atoms. The third-order valence-corrected chi connectivity index (χ3v) is 5.03. The van der Waals surface area contributed by atoms with E-state index in [0.29, 0.717) is 13.0 Å². The second kappa shape index (κ2) is 7.44. The zero-order valence-corrected chi connectivity index (χ0v) is 15.3. The molecule has 1 aliphatic heterocycles. The maximum absolute atomic E-state index is 12.5. The first-order valence-corrected chi connectivity index (χ1v) is 9.23. The minimum atomic E-state index is -1.32. The number of fused-ring (bicyclic) bond motifs is 1. The van der Waals surface area contributed by atoms with E-state index in [4.69, 9.17) is 4.74 Å². The van der Waals surface area contributed by atoms with Gasteiger partial charge in [0.15, 0.2) is 5.54 Å². The molecule has 2 N–H and O–H groups in total. The van der Waals surface area contributed by atoms with E-state index in [9.17, 15) is 14.7 Å². The van der Waals surface area contributed by atoms with Crippen LogP contribution in [0.25, 0.3) is 16.7 Å². The van der Waals surface area contributed by atoms with Gasteiger partial charge in [0.25, 0.3) is 0 Å². The average molecular weight is 379 g/mol. The zero-order valence-electron chi connectivity index (χ0n) is 15.3. The first-order chi connectivity index (χ1) is 13.6. The summed E-state index contributed by atoms with van der Waals surface area (Å²) in [6.07, 6.45) is 0.813. The van der Waals surface area contributed by atoms with Gasteiger partial charge in [-0.15, -0.1) is 0 Å². The van der Waals surface area contributed by atoms with Crippen molar-refractivity contribution in [1.82, 2.24) is 14.9 Å². The van der Waals surface area contributed by atoms with Crippen LogP contribution in [0.5, 0.6) is 0 Å². The summed E-state index contributed by atoms with van der Waals surface area (Å²) in [4.78, 5) is 28.7. The molecule has 3 aromatic rings. The normalized spacial score (nSPS) is 19.0. The number of carboxylic acids is 1. The predicted octanol–water partition coefficient (Wildman–Crippen LogP) is 2.32. The van der Waals surface area contributed by atoms with Crippen molar-refractivity contribution < 1.29 is 19.4 Å². The van der Waals surface area contributed by atoms with Gasteiger partial charge in [0.2, 0.25) is 5.91 Å². The predicted molar refractivity (Wildman–Crippen MR) is 103 cm³/mol. The van der Waals surface area contributed by atoms with Crippen LogP contribution in [-0.2, 0) is 20.7 Å². The van der Waals surface area contributed by atoms with Crippen molar-refractivity contribution >= 4 is 22.9 Å². The lowest BCUT2D eigenvalue weighted by Gasteiger charge is -2.23. The number of aliphatic carboxylic acids is 1. The maximum atomic E-state index is 12.5. The molecule has 1 fully saturated rings. The smallest absolute Gasteiger partial charge is 0.331 e. The molecule has 7 heteroatoms. The third-order valence-electron chi connectivity index (χ3n) is 5.03. The highest BCUT2D eigenvalue weighted by atomic mass is 16.5. The molecule has 1 amide bonds. The summed E-state index contributed by atoms with van der Waals surface area (Å²) in [6.45, 7) is 0.326. The Labute approximate surface area is 162 Å². The van der Waals surface area contributed by atoms with Crippen LogP contribution in [-0.4, -0.2) is 45.3 Å². The zero-order chi connectivity index (χ0) is 19.6. The van der Waals surface area contributed by atoms with E-state index in [0.717, 1.165) is 22.5 Å². The van der Waals surface area contributed by atoms with Gasteiger partial charge in [-0.3, -0.25) is 9.36 Å². The summed E-state index contributed by atoms with van der Waals surface area (Å²) in [5, 5.41) is 12.1. The van der Waals surface area contributed by atoms with Crippen LogP contribution in [0.15, 0.2) is 54.6 Å². The van der Waals surface area contributed by atoms with Crippen molar-refractivity contribution in [3.63, 3.8) is 0 Å². The van der Waals surface area contributed by atoms with Gasteiger partial charge in [-0.05, 0) is 24.3 Å². The number of hydrogen-bond acceptors (Lipinski definition) is 4. The molecule has 4 rings (SSSR count). The van der Waals surface area contributed by atoms with Crippen molar-refractivity contribution in [3.8, 4) is 5.69 Å². The Bertz CT molecular complexity index is 1010. The summed E-state index contributed by atoms with van der Waals surface area (Å²) < 4.78 is 7.23. The van der Waals surface area contributed by atoms with Gasteiger partial charge in [-0.25, -0.2) is 9.78 Å². The summed E-state index contributed by atoms with van der Waals surface area (Å²) in [5.74, 6) is -0.621. The van der Waals surface area contributed by atoms with Gasteiger partial charge in [-0.2, -0.15) is 0 Å². The number of carbonyl (C=O) groups is 2. The molecule has 1 saturated heterocycles. The molecule has 0 saturated carbocycles. The molecule has 0 bridgehead atoms. The molecular formula is C21H21N3O4. The van der Waals surface area contributed by atoms with Crippen molar-refractivity contribution in [2.24, 2.45) is 0 Å². The molecule has 1 atom stereocenters. The van der Waals surface area contributed by atoms with E-state index in [2.05, 4.69) is 10.3 Å². The van der Waals surface area contributed by atoms with Crippen molar-refractivity contribution in [1.29, 1.82) is 0 Å². The first kappa shape index (κ1) is 18.2. The van der Waals surface area contributed by atoms with Crippen LogP contribution in [0.3, 0.4) is 0 Å². The number of para-hydroxylation sites is 3. The molecular weight excluding hydrogens is 358 g/mol. The van der Waals surface area contributed by atoms with Gasteiger partial charge in [0.05, 0.1) is 17.6 Å². The average Bonchev–Trinajstić information content (AvgIpc) is 3.32. The van der Waals surface area contributed by atoms with Crippen molar-refractivity contribution in [2.75, 3.05) is 13.2 Å². The van der Waals surface area contributed by atoms with Gasteiger partial charge in [0, 0.05) is 31.6 Å². The van der Waals surface area contributed by atoms with Crippen molar-refractivity contribution in [3.05, 3.63) is 60.4 Å². The van der Waals surface area contributed by atoms with Gasteiger partial charge in [0.1, 0.15) is 5.82 Å².